The molecule has 0 aliphatic carbocycles. The Kier molecular flexibility index (Phi) is 4.28. The number of nitrogens with one attached hydrogen (secondary N) is 1. The van der Waals surface area contributed by atoms with Crippen molar-refractivity contribution in [3.8, 4) is 0 Å². The number of piperidine rings is 1. The van der Waals surface area contributed by atoms with Gasteiger partial charge >= 0.3 is 0 Å². The van der Waals surface area contributed by atoms with Crippen LogP contribution in [-0.2, 0) is 4.79 Å². The Labute approximate surface area is 110 Å². The summed E-state index contributed by atoms with van der Waals surface area (Å²) in [5.74, 6) is 0.188. The first kappa shape index (κ1) is 13.8. The molecule has 2 heterocycles. The summed E-state index contributed by atoms with van der Waals surface area (Å²) in [6.45, 7) is 6.82. The summed E-state index contributed by atoms with van der Waals surface area (Å²) in [6.07, 6.45) is 4.92. The van der Waals surface area contributed by atoms with Gasteiger partial charge in [0, 0.05) is 19.6 Å². The van der Waals surface area contributed by atoms with Gasteiger partial charge in [0.15, 0.2) is 0 Å². The minimum Gasteiger partial charge on any atom is -0.392 e. The smallest absolute Gasteiger partial charge is 0.239 e. The van der Waals surface area contributed by atoms with Crippen molar-refractivity contribution in [3.63, 3.8) is 0 Å². The zero-order valence-electron chi connectivity index (χ0n) is 11.6. The molecule has 104 valence electrons. The minimum atomic E-state index is -0.356. The molecule has 0 spiro atoms. The van der Waals surface area contributed by atoms with Crippen LogP contribution in [0, 0.1) is 5.41 Å². The maximum absolute atomic E-state index is 12.4. The standard InChI is InChI=1S/C14H26N2O2/c1-3-5-14(2)6-4-7-16(10-14)13(18)12-8-11(17)9-15-12/h11-12,15,17H,3-10H2,1-2H3. The fourth-order valence-corrected chi connectivity index (χ4v) is 3.44. The second-order valence-corrected chi connectivity index (χ2v) is 6.27. The molecule has 0 aromatic rings. The third-order valence-electron chi connectivity index (χ3n) is 4.35. The topological polar surface area (TPSA) is 52.6 Å². The largest absolute Gasteiger partial charge is 0.392 e. The first-order chi connectivity index (χ1) is 8.54. The van der Waals surface area contributed by atoms with Crippen LogP contribution < -0.4 is 5.32 Å². The van der Waals surface area contributed by atoms with Gasteiger partial charge in [-0.25, -0.2) is 0 Å². The molecule has 0 aromatic carbocycles. The number of carbonyl (C=O) groups is 1. The average Bonchev–Trinajstić information content (AvgIpc) is 2.75. The fourth-order valence-electron chi connectivity index (χ4n) is 3.44. The SMILES string of the molecule is CCCC1(C)CCCN(C(=O)C2CC(O)CN2)C1. The van der Waals surface area contributed by atoms with Crippen LogP contribution in [0.2, 0.25) is 0 Å². The molecule has 0 aromatic heterocycles. The molecule has 1 amide bonds. The third-order valence-corrected chi connectivity index (χ3v) is 4.35. The van der Waals surface area contributed by atoms with E-state index in [1.807, 2.05) is 4.90 Å². The maximum atomic E-state index is 12.4. The van der Waals surface area contributed by atoms with Crippen molar-refractivity contribution in [1.29, 1.82) is 0 Å². The Morgan fingerprint density at radius 1 is 1.56 bits per heavy atom. The highest BCUT2D eigenvalue weighted by molar-refractivity contribution is 5.82. The van der Waals surface area contributed by atoms with Gasteiger partial charge in [-0.1, -0.05) is 20.3 Å². The Bertz CT molecular complexity index is 304. The van der Waals surface area contributed by atoms with Crippen molar-refractivity contribution in [2.45, 2.75) is 58.1 Å². The van der Waals surface area contributed by atoms with Gasteiger partial charge in [0.1, 0.15) is 0 Å². The van der Waals surface area contributed by atoms with Crippen molar-refractivity contribution in [3.05, 3.63) is 0 Å². The summed E-state index contributed by atoms with van der Waals surface area (Å²) in [6, 6.07) is -0.163. The van der Waals surface area contributed by atoms with E-state index in [0.717, 1.165) is 19.5 Å². The normalized spacial score (nSPS) is 36.9. The Hall–Kier alpha value is -0.610. The van der Waals surface area contributed by atoms with Gasteiger partial charge in [-0.15, -0.1) is 0 Å². The third kappa shape index (κ3) is 3.04. The summed E-state index contributed by atoms with van der Waals surface area (Å²) < 4.78 is 0. The Morgan fingerprint density at radius 2 is 2.33 bits per heavy atom. The van der Waals surface area contributed by atoms with Crippen molar-refractivity contribution in [1.82, 2.24) is 10.2 Å². The molecule has 2 aliphatic rings. The van der Waals surface area contributed by atoms with Crippen LogP contribution in [0.5, 0.6) is 0 Å². The van der Waals surface area contributed by atoms with Gasteiger partial charge in [0.05, 0.1) is 12.1 Å². The van der Waals surface area contributed by atoms with E-state index in [-0.39, 0.29) is 18.1 Å². The monoisotopic (exact) mass is 254 g/mol. The molecule has 4 nitrogen and oxygen atoms in total. The number of aliphatic hydroxyl groups is 1. The number of amides is 1. The lowest BCUT2D eigenvalue weighted by Gasteiger charge is -2.41. The molecule has 0 saturated carbocycles. The van der Waals surface area contributed by atoms with E-state index in [1.54, 1.807) is 0 Å². The predicted octanol–water partition coefficient (Wildman–Crippen LogP) is 1.14. The number of likely N-dealkylation sites (tertiary alicyclic amines) is 1. The van der Waals surface area contributed by atoms with Crippen LogP contribution in [0.1, 0.15) is 46.0 Å². The number of hydrogen-bond acceptors (Lipinski definition) is 3. The van der Waals surface area contributed by atoms with Crippen molar-refractivity contribution in [2.24, 2.45) is 5.41 Å². The summed E-state index contributed by atoms with van der Waals surface area (Å²) in [7, 11) is 0. The van der Waals surface area contributed by atoms with E-state index in [0.29, 0.717) is 18.4 Å². The molecule has 3 atom stereocenters. The van der Waals surface area contributed by atoms with Gasteiger partial charge < -0.3 is 15.3 Å². The van der Waals surface area contributed by atoms with Crippen molar-refractivity contribution in [2.75, 3.05) is 19.6 Å². The van der Waals surface area contributed by atoms with E-state index in [2.05, 4.69) is 19.2 Å². The highest BCUT2D eigenvalue weighted by atomic mass is 16.3. The highest BCUT2D eigenvalue weighted by Crippen LogP contribution is 2.34. The van der Waals surface area contributed by atoms with Gasteiger partial charge in [0.25, 0.3) is 0 Å². The molecule has 2 saturated heterocycles. The molecule has 4 heteroatoms. The Morgan fingerprint density at radius 3 is 2.94 bits per heavy atom. The predicted molar refractivity (Wildman–Crippen MR) is 71.2 cm³/mol. The number of carbonyl (C=O) groups excluding carboxylic acids is 1. The zero-order chi connectivity index (χ0) is 13.2. The maximum Gasteiger partial charge on any atom is 0.239 e. The molecule has 3 unspecified atom stereocenters. The van der Waals surface area contributed by atoms with Crippen LogP contribution in [0.3, 0.4) is 0 Å². The van der Waals surface area contributed by atoms with E-state index >= 15 is 0 Å². The van der Waals surface area contributed by atoms with Crippen molar-refractivity contribution >= 4 is 5.91 Å². The second kappa shape index (κ2) is 5.57. The average molecular weight is 254 g/mol. The molecule has 2 N–H and O–H groups in total. The number of nitrogens with zero attached hydrogens (tertiary/aromatic N) is 1. The fraction of sp³-hybridized carbons (Fsp3) is 0.929. The first-order valence-electron chi connectivity index (χ1n) is 7.24. The van der Waals surface area contributed by atoms with Gasteiger partial charge in [0.2, 0.25) is 5.91 Å². The molecular weight excluding hydrogens is 228 g/mol. The zero-order valence-corrected chi connectivity index (χ0v) is 11.6. The molecular formula is C14H26N2O2. The first-order valence-corrected chi connectivity index (χ1v) is 7.24. The van der Waals surface area contributed by atoms with Gasteiger partial charge in [-0.05, 0) is 31.1 Å². The quantitative estimate of drug-likeness (QED) is 0.794. The van der Waals surface area contributed by atoms with Crippen LogP contribution in [-0.4, -0.2) is 47.7 Å². The molecule has 2 aliphatic heterocycles. The summed E-state index contributed by atoms with van der Waals surface area (Å²) in [5, 5.41) is 12.6. The highest BCUT2D eigenvalue weighted by Gasteiger charge is 2.36. The molecule has 0 bridgehead atoms. The van der Waals surface area contributed by atoms with Crippen molar-refractivity contribution < 1.29 is 9.90 Å². The summed E-state index contributed by atoms with van der Waals surface area (Å²) in [5.41, 5.74) is 0.292. The molecule has 0 radical (unpaired) electrons. The minimum absolute atomic E-state index is 0.163. The van der Waals surface area contributed by atoms with Crippen LogP contribution in [0.25, 0.3) is 0 Å². The van der Waals surface area contributed by atoms with E-state index in [1.165, 1.54) is 19.3 Å². The Balaban J connectivity index is 1.94. The van der Waals surface area contributed by atoms with Crippen LogP contribution in [0.4, 0.5) is 0 Å². The number of β-amino-alcohol motifs (C(OH)–C–C–N with tert-alkyl or cyclic N) is 1. The lowest BCUT2D eigenvalue weighted by atomic mass is 9.78. The lowest BCUT2D eigenvalue weighted by Crippen LogP contribution is -2.50. The van der Waals surface area contributed by atoms with Gasteiger partial charge in [-0.2, -0.15) is 0 Å². The van der Waals surface area contributed by atoms with Gasteiger partial charge in [-0.3, -0.25) is 4.79 Å². The summed E-state index contributed by atoms with van der Waals surface area (Å²) >= 11 is 0. The van der Waals surface area contributed by atoms with E-state index in [9.17, 15) is 9.90 Å². The van der Waals surface area contributed by atoms with Crippen LogP contribution in [0.15, 0.2) is 0 Å². The van der Waals surface area contributed by atoms with E-state index < -0.39 is 0 Å². The number of rotatable bonds is 3. The van der Waals surface area contributed by atoms with E-state index in [4.69, 9.17) is 0 Å². The number of aliphatic hydroxyl groups excluding tert-OH is 1. The molecule has 18 heavy (non-hydrogen) atoms. The number of hydrogen-bond donors (Lipinski definition) is 2. The lowest BCUT2D eigenvalue weighted by molar-refractivity contribution is -0.136. The summed E-state index contributed by atoms with van der Waals surface area (Å²) in [4.78, 5) is 14.4. The van der Waals surface area contributed by atoms with Crippen LogP contribution >= 0.6 is 0 Å². The molecule has 2 fully saturated rings. The molecule has 2 rings (SSSR count). The second-order valence-electron chi connectivity index (χ2n) is 6.27.